The molecule has 31 heavy (non-hydrogen) atoms. The van der Waals surface area contributed by atoms with E-state index in [-0.39, 0.29) is 16.9 Å². The van der Waals surface area contributed by atoms with E-state index >= 15 is 0 Å². The van der Waals surface area contributed by atoms with Crippen LogP contribution in [0.2, 0.25) is 0 Å². The Hall–Kier alpha value is -2.79. The van der Waals surface area contributed by atoms with Gasteiger partial charge in [-0.15, -0.1) is 0 Å². The van der Waals surface area contributed by atoms with Gasteiger partial charge in [0.25, 0.3) is 11.5 Å². The molecule has 0 aromatic carbocycles. The highest BCUT2D eigenvalue weighted by atomic mass is 32.1. The minimum atomic E-state index is -0.349. The van der Waals surface area contributed by atoms with Crippen LogP contribution in [0.15, 0.2) is 81.9 Å². The van der Waals surface area contributed by atoms with E-state index in [0.717, 1.165) is 26.6 Å². The molecule has 0 aliphatic heterocycles. The second kappa shape index (κ2) is 9.56. The van der Waals surface area contributed by atoms with Gasteiger partial charge in [-0.2, -0.15) is 3.96 Å². The topological polar surface area (TPSA) is 52.0 Å². The van der Waals surface area contributed by atoms with Crippen molar-refractivity contribution in [3.8, 4) is 0 Å². The lowest BCUT2D eigenvalue weighted by atomic mass is 9.72. The number of hydrogen-bond acceptors (Lipinski definition) is 4. The monoisotopic (exact) mass is 434 g/mol. The molecule has 2 aromatic rings. The molecule has 0 saturated carbocycles. The van der Waals surface area contributed by atoms with Crippen molar-refractivity contribution >= 4 is 27.7 Å². The van der Waals surface area contributed by atoms with E-state index in [0.29, 0.717) is 10.2 Å². The van der Waals surface area contributed by atoms with Crippen LogP contribution < -0.4 is 5.56 Å². The zero-order chi connectivity index (χ0) is 22.6. The fraction of sp³-hybridized carbons (Fsp3) is 0.346. The normalized spacial score (nSPS) is 18.0. The van der Waals surface area contributed by atoms with E-state index in [4.69, 9.17) is 0 Å². The molecule has 0 N–H and O–H groups in total. The second-order valence-corrected chi connectivity index (χ2v) is 9.74. The van der Waals surface area contributed by atoms with E-state index in [1.165, 1.54) is 36.5 Å². The van der Waals surface area contributed by atoms with Crippen LogP contribution in [0.5, 0.6) is 0 Å². The summed E-state index contributed by atoms with van der Waals surface area (Å²) in [6.07, 6.45) is 17.0. The van der Waals surface area contributed by atoms with Gasteiger partial charge in [0.05, 0.1) is 5.39 Å². The summed E-state index contributed by atoms with van der Waals surface area (Å²) in [4.78, 5) is 29.6. The second-order valence-electron chi connectivity index (χ2n) is 8.81. The average Bonchev–Trinajstić information content (AvgIpc) is 3.04. The van der Waals surface area contributed by atoms with Crippen LogP contribution in [0.1, 0.15) is 58.7 Å². The SMILES string of the molecule is CC1=C(/C=C/C(C)=C\C=C\C(C)=C\C(=O)n2sc3ncccc3c2=O)C(C)(C)CCC1. The van der Waals surface area contributed by atoms with Gasteiger partial charge in [0.15, 0.2) is 0 Å². The predicted molar refractivity (Wildman–Crippen MR) is 131 cm³/mol. The lowest BCUT2D eigenvalue weighted by Crippen LogP contribution is -2.19. The number of rotatable bonds is 5. The van der Waals surface area contributed by atoms with Crippen molar-refractivity contribution in [1.82, 2.24) is 8.94 Å². The van der Waals surface area contributed by atoms with Gasteiger partial charge in [0, 0.05) is 12.3 Å². The van der Waals surface area contributed by atoms with Crippen LogP contribution in [0.25, 0.3) is 10.2 Å². The van der Waals surface area contributed by atoms with Gasteiger partial charge in [-0.25, -0.2) is 4.98 Å². The Bertz CT molecular complexity index is 1200. The van der Waals surface area contributed by atoms with E-state index in [9.17, 15) is 9.59 Å². The number of carbonyl (C=O) groups excluding carboxylic acids is 1. The number of hydrogen-bond donors (Lipinski definition) is 0. The summed E-state index contributed by atoms with van der Waals surface area (Å²) in [6, 6.07) is 3.39. The summed E-state index contributed by atoms with van der Waals surface area (Å²) < 4.78 is 1.15. The van der Waals surface area contributed by atoms with Gasteiger partial charge in [0.2, 0.25) is 0 Å². The first-order chi connectivity index (χ1) is 14.7. The maximum absolute atomic E-state index is 12.5. The van der Waals surface area contributed by atoms with Crippen molar-refractivity contribution in [2.24, 2.45) is 5.41 Å². The lowest BCUT2D eigenvalue weighted by molar-refractivity contribution is 0.0977. The fourth-order valence-corrected chi connectivity index (χ4v) is 4.80. The number of allylic oxidation sites excluding steroid dienone is 10. The van der Waals surface area contributed by atoms with E-state index < -0.39 is 0 Å². The Morgan fingerprint density at radius 2 is 2.00 bits per heavy atom. The summed E-state index contributed by atoms with van der Waals surface area (Å²) in [5, 5.41) is 0.472. The van der Waals surface area contributed by atoms with Gasteiger partial charge in [-0.1, -0.05) is 55.4 Å². The van der Waals surface area contributed by atoms with Crippen LogP contribution in [-0.2, 0) is 0 Å². The van der Waals surface area contributed by atoms with Gasteiger partial charge in [-0.05, 0) is 80.3 Å². The lowest BCUT2D eigenvalue weighted by Gasteiger charge is -2.32. The predicted octanol–water partition coefficient (Wildman–Crippen LogP) is 6.63. The number of carbonyl (C=O) groups is 1. The average molecular weight is 435 g/mol. The largest absolute Gasteiger partial charge is 0.277 e. The molecule has 3 rings (SSSR count). The first kappa shape index (κ1) is 22.9. The third-order valence-corrected chi connectivity index (χ3v) is 6.72. The van der Waals surface area contributed by atoms with E-state index in [1.807, 2.05) is 25.2 Å². The Morgan fingerprint density at radius 3 is 2.71 bits per heavy atom. The number of nitrogens with zero attached hydrogens (tertiary/aromatic N) is 2. The molecule has 0 atom stereocenters. The summed E-state index contributed by atoms with van der Waals surface area (Å²) in [5.74, 6) is -0.349. The van der Waals surface area contributed by atoms with E-state index in [1.54, 1.807) is 18.3 Å². The number of pyridine rings is 1. The molecule has 0 saturated heterocycles. The van der Waals surface area contributed by atoms with Crippen molar-refractivity contribution in [3.05, 3.63) is 87.4 Å². The van der Waals surface area contributed by atoms with Gasteiger partial charge in [0.1, 0.15) is 4.83 Å². The minimum Gasteiger partial charge on any atom is -0.268 e. The first-order valence-corrected chi connectivity index (χ1v) is 11.4. The smallest absolute Gasteiger partial charge is 0.268 e. The van der Waals surface area contributed by atoms with Crippen molar-refractivity contribution in [1.29, 1.82) is 0 Å². The third kappa shape index (κ3) is 5.47. The van der Waals surface area contributed by atoms with Crippen molar-refractivity contribution in [2.45, 2.75) is 53.9 Å². The molecule has 0 spiro atoms. The molecule has 0 fully saturated rings. The molecule has 0 bridgehead atoms. The Balaban J connectivity index is 1.70. The summed E-state index contributed by atoms with van der Waals surface area (Å²) in [7, 11) is 0. The highest BCUT2D eigenvalue weighted by Crippen LogP contribution is 2.40. The van der Waals surface area contributed by atoms with Crippen molar-refractivity contribution in [3.63, 3.8) is 0 Å². The van der Waals surface area contributed by atoms with Crippen LogP contribution in [0, 0.1) is 5.41 Å². The molecule has 4 nitrogen and oxygen atoms in total. The number of aromatic nitrogens is 2. The first-order valence-electron chi connectivity index (χ1n) is 10.6. The standard InChI is InChI=1S/C26H30N2O2S/c1-18(13-14-22-20(3)11-7-15-26(22,4)5)9-6-10-19(2)17-23(29)28-25(30)21-12-8-16-27-24(21)31-28/h6,8-10,12-14,16-17H,7,11,15H2,1-5H3/b10-6+,14-13+,18-9-,19-17+. The highest BCUT2D eigenvalue weighted by Gasteiger charge is 2.26. The molecular formula is C26H30N2O2S. The quantitative estimate of drug-likeness (QED) is 0.392. The van der Waals surface area contributed by atoms with Gasteiger partial charge < -0.3 is 0 Å². The Morgan fingerprint density at radius 1 is 1.23 bits per heavy atom. The fourth-order valence-electron chi connectivity index (χ4n) is 3.94. The molecule has 1 aliphatic carbocycles. The van der Waals surface area contributed by atoms with Crippen LogP contribution in [0.4, 0.5) is 0 Å². The molecule has 5 heteroatoms. The molecule has 1 aliphatic rings. The van der Waals surface area contributed by atoms with Gasteiger partial charge >= 0.3 is 0 Å². The zero-order valence-electron chi connectivity index (χ0n) is 18.9. The summed E-state index contributed by atoms with van der Waals surface area (Å²) in [5.41, 5.74) is 4.77. The van der Waals surface area contributed by atoms with Crippen LogP contribution >= 0.6 is 11.5 Å². The van der Waals surface area contributed by atoms with E-state index in [2.05, 4.69) is 44.8 Å². The zero-order valence-corrected chi connectivity index (χ0v) is 19.8. The Kier molecular flexibility index (Phi) is 7.06. The molecule has 2 heterocycles. The molecule has 0 unspecified atom stereocenters. The molecule has 0 amide bonds. The molecule has 0 radical (unpaired) electrons. The van der Waals surface area contributed by atoms with Crippen molar-refractivity contribution in [2.75, 3.05) is 0 Å². The number of fused-ring (bicyclic) bond motifs is 1. The molecule has 2 aromatic heterocycles. The summed E-state index contributed by atoms with van der Waals surface area (Å²) in [6.45, 7) is 10.8. The molecular weight excluding hydrogens is 404 g/mol. The van der Waals surface area contributed by atoms with Crippen LogP contribution in [0.3, 0.4) is 0 Å². The summed E-state index contributed by atoms with van der Waals surface area (Å²) >= 11 is 1.07. The van der Waals surface area contributed by atoms with Gasteiger partial charge in [-0.3, -0.25) is 9.59 Å². The maximum Gasteiger partial charge on any atom is 0.277 e. The highest BCUT2D eigenvalue weighted by molar-refractivity contribution is 7.14. The van der Waals surface area contributed by atoms with Crippen molar-refractivity contribution < 1.29 is 4.79 Å². The minimum absolute atomic E-state index is 0.231. The maximum atomic E-state index is 12.5. The Labute approximate surface area is 188 Å². The van der Waals surface area contributed by atoms with Crippen LogP contribution in [-0.4, -0.2) is 14.8 Å². The third-order valence-electron chi connectivity index (χ3n) is 5.69. The molecule has 162 valence electrons.